The molecular weight excluding hydrogens is 310 g/mol. The Bertz CT molecular complexity index is 986. The second-order valence-electron chi connectivity index (χ2n) is 4.98. The van der Waals surface area contributed by atoms with Crippen LogP contribution in [0.3, 0.4) is 0 Å². The normalized spacial score (nSPS) is 11.2. The van der Waals surface area contributed by atoms with E-state index in [2.05, 4.69) is 11.6 Å². The van der Waals surface area contributed by atoms with Crippen LogP contribution in [0.2, 0.25) is 5.02 Å². The molecule has 1 aromatic heterocycles. The zero-order valence-electron chi connectivity index (χ0n) is 12.5. The zero-order chi connectivity index (χ0) is 16.4. The highest BCUT2D eigenvalue weighted by Crippen LogP contribution is 2.28. The molecular formula is C19H14ClNO2. The van der Waals surface area contributed by atoms with Gasteiger partial charge in [0.1, 0.15) is 0 Å². The molecule has 0 saturated carbocycles. The smallest absolute Gasteiger partial charge is 0.347 e. The average Bonchev–Trinajstić information content (AvgIpc) is 2.56. The van der Waals surface area contributed by atoms with Crippen molar-refractivity contribution >= 4 is 34.7 Å². The van der Waals surface area contributed by atoms with E-state index in [1.54, 1.807) is 24.3 Å². The van der Waals surface area contributed by atoms with E-state index in [9.17, 15) is 4.79 Å². The molecule has 0 saturated heterocycles. The van der Waals surface area contributed by atoms with Crippen molar-refractivity contribution in [1.29, 1.82) is 0 Å². The van der Waals surface area contributed by atoms with Gasteiger partial charge in [0.2, 0.25) is 5.89 Å². The van der Waals surface area contributed by atoms with Gasteiger partial charge in [0.05, 0.1) is 10.9 Å². The topological polar surface area (TPSA) is 43.1 Å². The number of benzene rings is 2. The molecule has 0 fully saturated rings. The van der Waals surface area contributed by atoms with E-state index in [0.29, 0.717) is 15.9 Å². The van der Waals surface area contributed by atoms with Crippen LogP contribution >= 0.6 is 11.6 Å². The molecule has 0 aliphatic carbocycles. The SMILES string of the molecule is C=Cc1cccc(-c2nc3ccc(Cl)cc3c(=O)o2)c1/C=C\C. The minimum Gasteiger partial charge on any atom is -0.403 e. The molecule has 0 aliphatic rings. The molecule has 0 amide bonds. The van der Waals surface area contributed by atoms with Gasteiger partial charge in [-0.3, -0.25) is 0 Å². The summed E-state index contributed by atoms with van der Waals surface area (Å²) in [5, 5.41) is 0.844. The maximum atomic E-state index is 12.2. The number of hydrogen-bond acceptors (Lipinski definition) is 3. The maximum Gasteiger partial charge on any atom is 0.347 e. The first-order valence-corrected chi connectivity index (χ1v) is 7.50. The van der Waals surface area contributed by atoms with Crippen molar-refractivity contribution in [2.45, 2.75) is 6.92 Å². The largest absolute Gasteiger partial charge is 0.403 e. The van der Waals surface area contributed by atoms with Gasteiger partial charge in [-0.15, -0.1) is 0 Å². The summed E-state index contributed by atoms with van der Waals surface area (Å²) >= 11 is 5.92. The minimum atomic E-state index is -0.456. The van der Waals surface area contributed by atoms with Crippen molar-refractivity contribution in [1.82, 2.24) is 4.98 Å². The van der Waals surface area contributed by atoms with Crippen LogP contribution in [0, 0.1) is 0 Å². The molecule has 3 nitrogen and oxygen atoms in total. The number of fused-ring (bicyclic) bond motifs is 1. The summed E-state index contributed by atoms with van der Waals surface area (Å²) in [6.07, 6.45) is 5.63. The van der Waals surface area contributed by atoms with Crippen LogP contribution in [0.1, 0.15) is 18.1 Å². The fourth-order valence-electron chi connectivity index (χ4n) is 2.46. The number of rotatable bonds is 3. The lowest BCUT2D eigenvalue weighted by molar-refractivity contribution is 0.518. The lowest BCUT2D eigenvalue weighted by Crippen LogP contribution is -2.03. The second kappa shape index (κ2) is 6.23. The fourth-order valence-corrected chi connectivity index (χ4v) is 2.63. The molecule has 3 rings (SSSR count). The van der Waals surface area contributed by atoms with Crippen molar-refractivity contribution in [3.63, 3.8) is 0 Å². The van der Waals surface area contributed by atoms with E-state index in [4.69, 9.17) is 16.0 Å². The summed E-state index contributed by atoms with van der Waals surface area (Å²) in [4.78, 5) is 16.7. The molecule has 0 radical (unpaired) electrons. The molecule has 0 N–H and O–H groups in total. The lowest BCUT2D eigenvalue weighted by atomic mass is 10.00. The Hall–Kier alpha value is -2.65. The van der Waals surface area contributed by atoms with Crippen molar-refractivity contribution in [3.05, 3.63) is 75.6 Å². The Labute approximate surface area is 138 Å². The van der Waals surface area contributed by atoms with Crippen molar-refractivity contribution in [2.24, 2.45) is 0 Å². The number of hydrogen-bond donors (Lipinski definition) is 0. The van der Waals surface area contributed by atoms with Gasteiger partial charge in [0.15, 0.2) is 0 Å². The third-order valence-corrected chi connectivity index (χ3v) is 3.75. The molecule has 0 unspecified atom stereocenters. The number of allylic oxidation sites excluding steroid dienone is 1. The van der Waals surface area contributed by atoms with Crippen molar-refractivity contribution in [3.8, 4) is 11.5 Å². The van der Waals surface area contributed by atoms with Crippen LogP contribution in [0.5, 0.6) is 0 Å². The number of aromatic nitrogens is 1. The zero-order valence-corrected chi connectivity index (χ0v) is 13.3. The molecule has 0 spiro atoms. The molecule has 0 atom stereocenters. The maximum absolute atomic E-state index is 12.2. The van der Waals surface area contributed by atoms with Crippen molar-refractivity contribution < 1.29 is 4.42 Å². The Kier molecular flexibility index (Phi) is 4.13. The summed E-state index contributed by atoms with van der Waals surface area (Å²) < 4.78 is 5.42. The van der Waals surface area contributed by atoms with Crippen LogP contribution in [0.15, 0.2) is 58.3 Å². The van der Waals surface area contributed by atoms with E-state index < -0.39 is 5.63 Å². The van der Waals surface area contributed by atoms with Gasteiger partial charge >= 0.3 is 5.63 Å². The first-order valence-electron chi connectivity index (χ1n) is 7.13. The van der Waals surface area contributed by atoms with E-state index >= 15 is 0 Å². The summed E-state index contributed by atoms with van der Waals surface area (Å²) in [5.74, 6) is 0.279. The van der Waals surface area contributed by atoms with E-state index in [-0.39, 0.29) is 5.89 Å². The van der Waals surface area contributed by atoms with Gasteiger partial charge in [-0.2, -0.15) is 0 Å². The van der Waals surface area contributed by atoms with Crippen LogP contribution in [0.25, 0.3) is 34.5 Å². The van der Waals surface area contributed by atoms with Crippen LogP contribution < -0.4 is 5.63 Å². The van der Waals surface area contributed by atoms with Gasteiger partial charge in [-0.1, -0.05) is 48.5 Å². The van der Waals surface area contributed by atoms with Gasteiger partial charge in [-0.25, -0.2) is 9.78 Å². The Morgan fingerprint density at radius 2 is 2.09 bits per heavy atom. The molecule has 0 bridgehead atoms. The van der Waals surface area contributed by atoms with Gasteiger partial charge in [0.25, 0.3) is 0 Å². The molecule has 3 aromatic rings. The van der Waals surface area contributed by atoms with Gasteiger partial charge in [0, 0.05) is 10.6 Å². The number of nitrogens with zero attached hydrogens (tertiary/aromatic N) is 1. The minimum absolute atomic E-state index is 0.279. The van der Waals surface area contributed by atoms with Crippen LogP contribution in [-0.2, 0) is 0 Å². The van der Waals surface area contributed by atoms with E-state index in [0.717, 1.165) is 16.7 Å². The van der Waals surface area contributed by atoms with Crippen LogP contribution in [0.4, 0.5) is 0 Å². The summed E-state index contributed by atoms with van der Waals surface area (Å²) in [7, 11) is 0. The first kappa shape index (κ1) is 15.3. The third-order valence-electron chi connectivity index (χ3n) is 3.51. The molecule has 23 heavy (non-hydrogen) atoms. The van der Waals surface area contributed by atoms with Crippen LogP contribution in [-0.4, -0.2) is 4.98 Å². The summed E-state index contributed by atoms with van der Waals surface area (Å²) in [6, 6.07) is 10.7. The Morgan fingerprint density at radius 3 is 2.83 bits per heavy atom. The second-order valence-corrected chi connectivity index (χ2v) is 5.42. The highest BCUT2D eigenvalue weighted by atomic mass is 35.5. The Morgan fingerprint density at radius 1 is 1.26 bits per heavy atom. The monoisotopic (exact) mass is 323 g/mol. The van der Waals surface area contributed by atoms with E-state index in [1.807, 2.05) is 37.3 Å². The first-order chi connectivity index (χ1) is 11.1. The predicted octanol–water partition coefficient (Wildman–Crippen LogP) is 5.18. The van der Waals surface area contributed by atoms with Crippen molar-refractivity contribution in [2.75, 3.05) is 0 Å². The van der Waals surface area contributed by atoms with E-state index in [1.165, 1.54) is 0 Å². The molecule has 1 heterocycles. The number of halogens is 1. The highest BCUT2D eigenvalue weighted by Gasteiger charge is 2.13. The molecule has 2 aromatic carbocycles. The van der Waals surface area contributed by atoms with Gasteiger partial charge in [-0.05, 0) is 42.3 Å². The third kappa shape index (κ3) is 2.83. The predicted molar refractivity (Wildman–Crippen MR) is 95.5 cm³/mol. The molecule has 4 heteroatoms. The Balaban J connectivity index is 2.31. The highest BCUT2D eigenvalue weighted by molar-refractivity contribution is 6.31. The molecule has 0 aliphatic heterocycles. The fraction of sp³-hybridized carbons (Fsp3) is 0.0526. The quantitative estimate of drug-likeness (QED) is 0.666. The molecule has 114 valence electrons. The lowest BCUT2D eigenvalue weighted by Gasteiger charge is -2.08. The average molecular weight is 324 g/mol. The van der Waals surface area contributed by atoms with Gasteiger partial charge < -0.3 is 4.42 Å². The standard InChI is InChI=1S/C19H14ClNO2/c1-3-6-14-12(4-2)7-5-8-15(14)18-21-17-10-9-13(20)11-16(17)19(22)23-18/h3-11H,2H2,1H3/b6-3-. The summed E-state index contributed by atoms with van der Waals surface area (Å²) in [6.45, 7) is 5.75. The summed E-state index contributed by atoms with van der Waals surface area (Å²) in [5.41, 5.74) is 2.70.